The van der Waals surface area contributed by atoms with Gasteiger partial charge in [-0.25, -0.2) is 4.68 Å². The first-order valence-electron chi connectivity index (χ1n) is 7.21. The van der Waals surface area contributed by atoms with Crippen molar-refractivity contribution in [2.24, 2.45) is 0 Å². The number of amides is 1. The number of para-hydroxylation sites is 1. The van der Waals surface area contributed by atoms with E-state index in [2.05, 4.69) is 15.3 Å². The molecule has 2 aromatic heterocycles. The first-order valence-corrected chi connectivity index (χ1v) is 7.21. The molecule has 2 heterocycles. The van der Waals surface area contributed by atoms with Gasteiger partial charge in [0.2, 0.25) is 0 Å². The molecule has 0 saturated heterocycles. The summed E-state index contributed by atoms with van der Waals surface area (Å²) in [6.45, 7) is 0. The normalized spacial score (nSPS) is 12.6. The Kier molecular flexibility index (Phi) is 4.46. The van der Waals surface area contributed by atoms with Crippen molar-refractivity contribution >= 4 is 5.91 Å². The van der Waals surface area contributed by atoms with E-state index in [1.807, 2.05) is 5.32 Å². The summed E-state index contributed by atoms with van der Waals surface area (Å²) in [5, 5.41) is 9.31. The molecule has 6 nitrogen and oxygen atoms in total. The van der Waals surface area contributed by atoms with Crippen LogP contribution in [0.15, 0.2) is 60.9 Å². The van der Waals surface area contributed by atoms with Crippen LogP contribution in [-0.4, -0.2) is 32.1 Å². The Morgan fingerprint density at radius 2 is 1.80 bits per heavy atom. The highest BCUT2D eigenvalue weighted by atomic mass is 19.4. The van der Waals surface area contributed by atoms with Crippen LogP contribution in [-0.2, 0) is 0 Å². The number of carbonyl (C=O) groups excluding carboxylic acids is 1. The van der Waals surface area contributed by atoms with Crippen molar-refractivity contribution in [3.05, 3.63) is 72.3 Å². The number of nitrogens with zero attached hydrogens (tertiary/aromatic N) is 4. The van der Waals surface area contributed by atoms with Crippen LogP contribution < -0.4 is 5.32 Å². The molecule has 9 heteroatoms. The Morgan fingerprint density at radius 3 is 2.44 bits per heavy atom. The van der Waals surface area contributed by atoms with Gasteiger partial charge in [-0.05, 0) is 24.3 Å². The van der Waals surface area contributed by atoms with Gasteiger partial charge in [-0.1, -0.05) is 29.5 Å². The third-order valence-electron chi connectivity index (χ3n) is 3.33. The number of hydrogen-bond acceptors (Lipinski definition) is 4. The fourth-order valence-corrected chi connectivity index (χ4v) is 2.15. The number of alkyl halides is 3. The predicted octanol–water partition coefficient (Wildman–Crippen LogP) is 2.70. The van der Waals surface area contributed by atoms with E-state index in [9.17, 15) is 18.0 Å². The molecule has 128 valence electrons. The molecule has 0 aliphatic heterocycles. The van der Waals surface area contributed by atoms with Crippen LogP contribution in [0.3, 0.4) is 0 Å². The van der Waals surface area contributed by atoms with Gasteiger partial charge in [0.1, 0.15) is 0 Å². The molecule has 3 aromatic rings. The minimum atomic E-state index is -4.70. The Morgan fingerprint density at radius 1 is 1.08 bits per heavy atom. The molecule has 0 fully saturated rings. The average Bonchev–Trinajstić information content (AvgIpc) is 3.10. The summed E-state index contributed by atoms with van der Waals surface area (Å²) in [4.78, 5) is 15.8. The maximum Gasteiger partial charge on any atom is 0.414 e. The highest BCUT2D eigenvalue weighted by Crippen LogP contribution is 2.31. The Balaban J connectivity index is 1.82. The molecular formula is C16H12F3N5O. The second-order valence-electron chi connectivity index (χ2n) is 5.09. The Labute approximate surface area is 140 Å². The molecule has 0 aliphatic rings. The molecule has 0 bridgehead atoms. The fraction of sp³-hybridized carbons (Fsp3) is 0.125. The summed E-state index contributed by atoms with van der Waals surface area (Å²) in [5.74, 6) is -0.991. The first-order chi connectivity index (χ1) is 11.9. The van der Waals surface area contributed by atoms with Gasteiger partial charge in [0.15, 0.2) is 11.7 Å². The van der Waals surface area contributed by atoms with Crippen molar-refractivity contribution < 1.29 is 18.0 Å². The van der Waals surface area contributed by atoms with E-state index in [1.54, 1.807) is 30.3 Å². The Hall–Kier alpha value is -3.23. The van der Waals surface area contributed by atoms with E-state index < -0.39 is 18.1 Å². The quantitative estimate of drug-likeness (QED) is 0.788. The molecule has 0 spiro atoms. The monoisotopic (exact) mass is 347 g/mol. The van der Waals surface area contributed by atoms with E-state index in [-0.39, 0.29) is 11.4 Å². The van der Waals surface area contributed by atoms with Gasteiger partial charge in [-0.3, -0.25) is 9.78 Å². The topological polar surface area (TPSA) is 72.7 Å². The van der Waals surface area contributed by atoms with Gasteiger partial charge in [0.05, 0.1) is 17.6 Å². The second kappa shape index (κ2) is 6.71. The number of carbonyl (C=O) groups is 1. The van der Waals surface area contributed by atoms with Crippen molar-refractivity contribution in [1.29, 1.82) is 0 Å². The van der Waals surface area contributed by atoms with Gasteiger partial charge in [0, 0.05) is 6.20 Å². The van der Waals surface area contributed by atoms with Crippen molar-refractivity contribution in [2.75, 3.05) is 0 Å². The molecule has 1 amide bonds. The first kappa shape index (κ1) is 16.6. The second-order valence-corrected chi connectivity index (χ2v) is 5.09. The van der Waals surface area contributed by atoms with Crippen LogP contribution in [0.25, 0.3) is 5.69 Å². The summed E-state index contributed by atoms with van der Waals surface area (Å²) in [6, 6.07) is 10.6. The number of benzene rings is 1. The lowest BCUT2D eigenvalue weighted by Gasteiger charge is -2.20. The van der Waals surface area contributed by atoms with Gasteiger partial charge in [-0.15, -0.1) is 5.10 Å². The summed E-state index contributed by atoms with van der Waals surface area (Å²) < 4.78 is 41.1. The molecule has 3 rings (SSSR count). The van der Waals surface area contributed by atoms with Gasteiger partial charge in [-0.2, -0.15) is 13.2 Å². The SMILES string of the molecule is O=C(N[C@H](c1ccccn1)C(F)(F)F)c1cn(-c2ccccc2)nn1. The zero-order chi connectivity index (χ0) is 17.9. The standard InChI is InChI=1S/C16H12F3N5O/c17-16(18,19)14(12-8-4-5-9-20-12)21-15(25)13-10-24(23-22-13)11-6-2-1-3-7-11/h1-10,14H,(H,21,25)/t14-/m1/s1. The van der Waals surface area contributed by atoms with E-state index >= 15 is 0 Å². The van der Waals surface area contributed by atoms with E-state index in [0.29, 0.717) is 5.69 Å². The number of rotatable bonds is 4. The van der Waals surface area contributed by atoms with Crippen molar-refractivity contribution in [2.45, 2.75) is 12.2 Å². The van der Waals surface area contributed by atoms with Crippen molar-refractivity contribution in [3.63, 3.8) is 0 Å². The fourth-order valence-electron chi connectivity index (χ4n) is 2.15. The van der Waals surface area contributed by atoms with Gasteiger partial charge >= 0.3 is 6.18 Å². The summed E-state index contributed by atoms with van der Waals surface area (Å²) >= 11 is 0. The molecule has 1 N–H and O–H groups in total. The summed E-state index contributed by atoms with van der Waals surface area (Å²) in [5.41, 5.74) is 0.0963. The smallest absolute Gasteiger partial charge is 0.334 e. The zero-order valence-corrected chi connectivity index (χ0v) is 12.7. The number of pyridine rings is 1. The van der Waals surface area contributed by atoms with Gasteiger partial charge in [0.25, 0.3) is 5.91 Å². The largest absolute Gasteiger partial charge is 0.414 e. The Bertz CT molecular complexity index is 849. The van der Waals surface area contributed by atoms with E-state index in [1.165, 1.54) is 35.3 Å². The molecular weight excluding hydrogens is 335 g/mol. The van der Waals surface area contributed by atoms with Crippen LogP contribution in [0.5, 0.6) is 0 Å². The maximum absolute atomic E-state index is 13.3. The number of aromatic nitrogens is 4. The molecule has 25 heavy (non-hydrogen) atoms. The zero-order valence-electron chi connectivity index (χ0n) is 12.7. The number of hydrogen-bond donors (Lipinski definition) is 1. The molecule has 0 aliphatic carbocycles. The maximum atomic E-state index is 13.3. The lowest BCUT2D eigenvalue weighted by atomic mass is 10.1. The van der Waals surface area contributed by atoms with Crippen LogP contribution in [0.1, 0.15) is 22.2 Å². The predicted molar refractivity (Wildman–Crippen MR) is 81.9 cm³/mol. The molecule has 0 radical (unpaired) electrons. The summed E-state index contributed by atoms with van der Waals surface area (Å²) in [7, 11) is 0. The highest BCUT2D eigenvalue weighted by molar-refractivity contribution is 5.92. The highest BCUT2D eigenvalue weighted by Gasteiger charge is 2.43. The number of nitrogens with one attached hydrogen (secondary N) is 1. The number of halogens is 3. The average molecular weight is 347 g/mol. The van der Waals surface area contributed by atoms with E-state index in [4.69, 9.17) is 0 Å². The van der Waals surface area contributed by atoms with E-state index in [0.717, 1.165) is 0 Å². The molecule has 1 atom stereocenters. The molecule has 0 saturated carbocycles. The lowest BCUT2D eigenvalue weighted by Crippen LogP contribution is -2.38. The summed E-state index contributed by atoms with van der Waals surface area (Å²) in [6.07, 6.45) is -2.21. The van der Waals surface area contributed by atoms with Gasteiger partial charge < -0.3 is 5.32 Å². The third-order valence-corrected chi connectivity index (χ3v) is 3.33. The third kappa shape index (κ3) is 3.82. The molecule has 1 aromatic carbocycles. The minimum Gasteiger partial charge on any atom is -0.334 e. The van der Waals surface area contributed by atoms with Crippen molar-refractivity contribution in [3.8, 4) is 5.69 Å². The van der Waals surface area contributed by atoms with Crippen LogP contribution in [0.4, 0.5) is 13.2 Å². The van der Waals surface area contributed by atoms with Crippen LogP contribution >= 0.6 is 0 Å². The van der Waals surface area contributed by atoms with Crippen LogP contribution in [0, 0.1) is 0 Å². The van der Waals surface area contributed by atoms with Crippen LogP contribution in [0.2, 0.25) is 0 Å². The lowest BCUT2D eigenvalue weighted by molar-refractivity contribution is -0.156. The van der Waals surface area contributed by atoms with Crippen molar-refractivity contribution in [1.82, 2.24) is 25.3 Å². The molecule has 0 unspecified atom stereocenters. The minimum absolute atomic E-state index is 0.228.